The molecule has 3 amide bonds. The lowest BCUT2D eigenvalue weighted by Crippen LogP contribution is -2.28. The first kappa shape index (κ1) is 18.0. The van der Waals surface area contributed by atoms with Crippen LogP contribution in [0.3, 0.4) is 0 Å². The van der Waals surface area contributed by atoms with E-state index in [2.05, 4.69) is 5.32 Å². The molecule has 2 aliphatic rings. The molecule has 0 saturated heterocycles. The summed E-state index contributed by atoms with van der Waals surface area (Å²) in [6, 6.07) is 13.3. The molecule has 1 N–H and O–H groups in total. The topological polar surface area (TPSA) is 98.1 Å². The van der Waals surface area contributed by atoms with Gasteiger partial charge in [0.25, 0.3) is 17.7 Å². The number of carbonyl (C=O) groups is 3. The van der Waals surface area contributed by atoms with Gasteiger partial charge >= 0.3 is 0 Å². The van der Waals surface area contributed by atoms with Crippen molar-refractivity contribution in [3.05, 3.63) is 82.8 Å². The van der Waals surface area contributed by atoms with Gasteiger partial charge in [-0.15, -0.1) is 0 Å². The quantitative estimate of drug-likeness (QED) is 0.657. The molecule has 0 radical (unpaired) electrons. The number of hydrogen-bond donors (Lipinski definition) is 1. The van der Waals surface area contributed by atoms with E-state index in [0.29, 0.717) is 22.8 Å². The van der Waals surface area contributed by atoms with Crippen LogP contribution in [0.25, 0.3) is 0 Å². The molecule has 0 fully saturated rings. The number of furan rings is 1. The Morgan fingerprint density at radius 2 is 1.80 bits per heavy atom. The zero-order valence-electron chi connectivity index (χ0n) is 15.7. The predicted octanol–water partition coefficient (Wildman–Crippen LogP) is 2.73. The molecule has 8 nitrogen and oxygen atoms in total. The monoisotopic (exact) mass is 404 g/mol. The summed E-state index contributed by atoms with van der Waals surface area (Å²) < 4.78 is 15.8. The molecule has 0 spiro atoms. The van der Waals surface area contributed by atoms with Crippen LogP contribution in [-0.2, 0) is 13.1 Å². The molecule has 1 aromatic heterocycles. The fourth-order valence-electron chi connectivity index (χ4n) is 3.47. The smallest absolute Gasteiger partial charge is 0.261 e. The molecule has 0 saturated carbocycles. The fraction of sp³-hybridized carbons (Fsp3) is 0.136. The summed E-state index contributed by atoms with van der Waals surface area (Å²) in [6.45, 7) is 0.513. The highest BCUT2D eigenvalue weighted by molar-refractivity contribution is 6.22. The Kier molecular flexibility index (Phi) is 4.24. The highest BCUT2D eigenvalue weighted by atomic mass is 16.7. The molecule has 5 rings (SSSR count). The van der Waals surface area contributed by atoms with E-state index < -0.39 is 11.8 Å². The van der Waals surface area contributed by atoms with E-state index in [0.717, 1.165) is 10.5 Å². The molecule has 3 aromatic rings. The third kappa shape index (κ3) is 3.08. The molecule has 150 valence electrons. The Balaban J connectivity index is 1.30. The molecule has 2 aliphatic heterocycles. The van der Waals surface area contributed by atoms with Gasteiger partial charge in [0.15, 0.2) is 11.5 Å². The number of imide groups is 1. The van der Waals surface area contributed by atoms with Crippen LogP contribution in [-0.4, -0.2) is 29.4 Å². The van der Waals surface area contributed by atoms with Crippen LogP contribution >= 0.6 is 0 Å². The van der Waals surface area contributed by atoms with E-state index in [1.54, 1.807) is 24.3 Å². The number of carbonyl (C=O) groups excluding carboxylic acids is 3. The van der Waals surface area contributed by atoms with Gasteiger partial charge in [-0.3, -0.25) is 19.3 Å². The first-order valence-electron chi connectivity index (χ1n) is 9.29. The van der Waals surface area contributed by atoms with E-state index in [1.807, 2.05) is 6.07 Å². The standard InChI is InChI=1S/C22H16N2O6/c25-20(23-10-13-3-6-18-19(8-13)30-12-29-18)14-4-5-16-17(9-14)22(27)24(21(16)26)11-15-2-1-7-28-15/h1-9H,10-12H2,(H,23,25). The molecule has 3 heterocycles. The predicted molar refractivity (Wildman–Crippen MR) is 103 cm³/mol. The first-order chi connectivity index (χ1) is 14.6. The van der Waals surface area contributed by atoms with E-state index >= 15 is 0 Å². The minimum absolute atomic E-state index is 0.0466. The summed E-state index contributed by atoms with van der Waals surface area (Å²) >= 11 is 0. The Morgan fingerprint density at radius 3 is 2.63 bits per heavy atom. The lowest BCUT2D eigenvalue weighted by molar-refractivity contribution is 0.0631. The van der Waals surface area contributed by atoms with Gasteiger partial charge in [0.1, 0.15) is 5.76 Å². The largest absolute Gasteiger partial charge is 0.467 e. The second kappa shape index (κ2) is 7.07. The van der Waals surface area contributed by atoms with Crippen LogP contribution in [0.5, 0.6) is 11.5 Å². The van der Waals surface area contributed by atoms with E-state index in [4.69, 9.17) is 13.9 Å². The van der Waals surface area contributed by atoms with E-state index in [9.17, 15) is 14.4 Å². The second-order valence-electron chi connectivity index (χ2n) is 6.91. The number of rotatable bonds is 5. The summed E-state index contributed by atoms with van der Waals surface area (Å²) in [4.78, 5) is 39.0. The normalized spacial score (nSPS) is 14.2. The Hall–Kier alpha value is -4.07. The average molecular weight is 404 g/mol. The van der Waals surface area contributed by atoms with Crippen molar-refractivity contribution in [2.75, 3.05) is 6.79 Å². The minimum atomic E-state index is -0.447. The van der Waals surface area contributed by atoms with E-state index in [-0.39, 0.29) is 36.9 Å². The van der Waals surface area contributed by atoms with Crippen molar-refractivity contribution in [2.24, 2.45) is 0 Å². The maximum atomic E-state index is 12.7. The molecular weight excluding hydrogens is 388 g/mol. The summed E-state index contributed by atoms with van der Waals surface area (Å²) in [6.07, 6.45) is 1.48. The van der Waals surface area contributed by atoms with Crippen LogP contribution in [0.1, 0.15) is 42.4 Å². The van der Waals surface area contributed by atoms with Gasteiger partial charge in [-0.1, -0.05) is 6.07 Å². The number of nitrogens with one attached hydrogen (secondary N) is 1. The zero-order chi connectivity index (χ0) is 20.7. The molecule has 0 atom stereocenters. The lowest BCUT2D eigenvalue weighted by Gasteiger charge is -2.11. The van der Waals surface area contributed by atoms with Gasteiger partial charge in [0, 0.05) is 12.1 Å². The van der Waals surface area contributed by atoms with Crippen molar-refractivity contribution < 1.29 is 28.3 Å². The lowest BCUT2D eigenvalue weighted by atomic mass is 10.1. The SMILES string of the molecule is O=C(NCc1ccc2c(c1)OCO2)c1ccc2c(c1)C(=O)N(Cc1ccco1)C2=O. The van der Waals surface area contributed by atoms with Crippen LogP contribution < -0.4 is 14.8 Å². The number of nitrogens with zero attached hydrogens (tertiary/aromatic N) is 1. The minimum Gasteiger partial charge on any atom is -0.467 e. The summed E-state index contributed by atoms with van der Waals surface area (Å²) in [7, 11) is 0. The van der Waals surface area contributed by atoms with Gasteiger partial charge in [-0.2, -0.15) is 0 Å². The Bertz CT molecular complexity index is 1170. The molecule has 30 heavy (non-hydrogen) atoms. The van der Waals surface area contributed by atoms with Crippen molar-refractivity contribution >= 4 is 17.7 Å². The van der Waals surface area contributed by atoms with Gasteiger partial charge in [0.05, 0.1) is 23.9 Å². The third-order valence-electron chi connectivity index (χ3n) is 5.02. The number of fused-ring (bicyclic) bond motifs is 2. The summed E-state index contributed by atoms with van der Waals surface area (Å²) in [5, 5.41) is 2.81. The number of benzene rings is 2. The number of amides is 3. The van der Waals surface area contributed by atoms with Gasteiger partial charge in [0.2, 0.25) is 6.79 Å². The number of ether oxygens (including phenoxy) is 2. The van der Waals surface area contributed by atoms with Crippen LogP contribution in [0, 0.1) is 0 Å². The van der Waals surface area contributed by atoms with Crippen molar-refractivity contribution in [1.29, 1.82) is 0 Å². The Labute approximate surface area is 171 Å². The van der Waals surface area contributed by atoms with Crippen molar-refractivity contribution in [3.8, 4) is 11.5 Å². The number of hydrogen-bond acceptors (Lipinski definition) is 6. The van der Waals surface area contributed by atoms with Gasteiger partial charge in [-0.25, -0.2) is 0 Å². The van der Waals surface area contributed by atoms with E-state index in [1.165, 1.54) is 24.5 Å². The third-order valence-corrected chi connectivity index (χ3v) is 5.02. The first-order valence-corrected chi connectivity index (χ1v) is 9.29. The van der Waals surface area contributed by atoms with Gasteiger partial charge in [-0.05, 0) is 48.0 Å². The second-order valence-corrected chi connectivity index (χ2v) is 6.91. The van der Waals surface area contributed by atoms with Crippen LogP contribution in [0.4, 0.5) is 0 Å². The van der Waals surface area contributed by atoms with Crippen molar-refractivity contribution in [3.63, 3.8) is 0 Å². The van der Waals surface area contributed by atoms with Gasteiger partial charge < -0.3 is 19.2 Å². The zero-order valence-corrected chi connectivity index (χ0v) is 15.7. The molecule has 2 aromatic carbocycles. The maximum Gasteiger partial charge on any atom is 0.261 e. The molecule has 8 heteroatoms. The Morgan fingerprint density at radius 1 is 0.967 bits per heavy atom. The molecule has 0 unspecified atom stereocenters. The maximum absolute atomic E-state index is 12.7. The molecular formula is C22H16N2O6. The van der Waals surface area contributed by atoms with Crippen LogP contribution in [0.15, 0.2) is 59.2 Å². The molecule has 0 bridgehead atoms. The van der Waals surface area contributed by atoms with Crippen molar-refractivity contribution in [2.45, 2.75) is 13.1 Å². The van der Waals surface area contributed by atoms with Crippen molar-refractivity contribution in [1.82, 2.24) is 10.2 Å². The molecule has 0 aliphatic carbocycles. The summed E-state index contributed by atoms with van der Waals surface area (Å²) in [5.41, 5.74) is 1.64. The summed E-state index contributed by atoms with van der Waals surface area (Å²) in [5.74, 6) is 0.618. The average Bonchev–Trinajstić information content (AvgIpc) is 3.49. The highest BCUT2D eigenvalue weighted by Crippen LogP contribution is 2.32. The van der Waals surface area contributed by atoms with Crippen LogP contribution in [0.2, 0.25) is 0 Å². The fourth-order valence-corrected chi connectivity index (χ4v) is 3.47. The highest BCUT2D eigenvalue weighted by Gasteiger charge is 2.36.